The number of rotatable bonds is 2. The van der Waals surface area contributed by atoms with Gasteiger partial charge in [0.2, 0.25) is 5.89 Å². The molecule has 0 spiro atoms. The van der Waals surface area contributed by atoms with Crippen LogP contribution < -0.4 is 5.73 Å². The Balaban J connectivity index is 2.12. The predicted octanol–water partition coefficient (Wildman–Crippen LogP) is 3.76. The molecule has 0 radical (unpaired) electrons. The monoisotopic (exact) mass is 297 g/mol. The molecular formula is C12H9ClFN3OS. The van der Waals surface area contributed by atoms with Crippen molar-refractivity contribution in [1.29, 1.82) is 0 Å². The lowest BCUT2D eigenvalue weighted by Crippen LogP contribution is -2.03. The van der Waals surface area contributed by atoms with Gasteiger partial charge in [0.1, 0.15) is 22.0 Å². The molecule has 0 aliphatic rings. The number of fused-ring (bicyclic) bond motifs is 1. The van der Waals surface area contributed by atoms with E-state index < -0.39 is 5.82 Å². The fourth-order valence-electron chi connectivity index (χ4n) is 1.66. The highest BCUT2D eigenvalue weighted by atomic mass is 35.5. The maximum atomic E-state index is 13.2. The van der Waals surface area contributed by atoms with E-state index in [-0.39, 0.29) is 11.1 Å². The van der Waals surface area contributed by atoms with Gasteiger partial charge < -0.3 is 10.2 Å². The third-order valence-corrected chi connectivity index (χ3v) is 3.87. The van der Waals surface area contributed by atoms with E-state index in [1.807, 2.05) is 6.92 Å². The molecule has 7 heteroatoms. The first-order valence-electron chi connectivity index (χ1n) is 5.51. The van der Waals surface area contributed by atoms with E-state index in [9.17, 15) is 4.39 Å². The molecule has 2 aromatic heterocycles. The molecule has 98 valence electrons. The minimum Gasteiger partial charge on any atom is -0.433 e. The molecule has 0 aliphatic heterocycles. The summed E-state index contributed by atoms with van der Waals surface area (Å²) in [5, 5.41) is 2.78. The lowest BCUT2D eigenvalue weighted by atomic mass is 10.3. The SMILES string of the molecule is CC(N)c1nc(-c2nc3cc(F)cc(Cl)c3o2)cs1. The van der Waals surface area contributed by atoms with Gasteiger partial charge >= 0.3 is 0 Å². The molecular weight excluding hydrogens is 289 g/mol. The van der Waals surface area contributed by atoms with Crippen molar-refractivity contribution in [3.05, 3.63) is 33.4 Å². The highest BCUT2D eigenvalue weighted by Crippen LogP contribution is 2.31. The van der Waals surface area contributed by atoms with E-state index in [1.165, 1.54) is 23.5 Å². The van der Waals surface area contributed by atoms with Crippen LogP contribution in [-0.4, -0.2) is 9.97 Å². The molecule has 3 rings (SSSR count). The average Bonchev–Trinajstić information content (AvgIpc) is 2.92. The fourth-order valence-corrected chi connectivity index (χ4v) is 2.66. The van der Waals surface area contributed by atoms with Crippen molar-refractivity contribution in [2.24, 2.45) is 5.73 Å². The normalized spacial score (nSPS) is 13.1. The first-order chi connectivity index (χ1) is 9.04. The molecule has 4 nitrogen and oxygen atoms in total. The number of aromatic nitrogens is 2. The highest BCUT2D eigenvalue weighted by Gasteiger charge is 2.15. The van der Waals surface area contributed by atoms with E-state index in [2.05, 4.69) is 9.97 Å². The summed E-state index contributed by atoms with van der Waals surface area (Å²) in [5.41, 5.74) is 7.05. The van der Waals surface area contributed by atoms with Crippen LogP contribution in [0.25, 0.3) is 22.7 Å². The standard InChI is InChI=1S/C12H9ClFN3OS/c1-5(15)12-17-9(4-19-12)11-16-8-3-6(14)2-7(13)10(8)18-11/h2-5H,15H2,1H3. The van der Waals surface area contributed by atoms with Crippen molar-refractivity contribution in [2.75, 3.05) is 0 Å². The van der Waals surface area contributed by atoms with Crippen molar-refractivity contribution in [3.63, 3.8) is 0 Å². The lowest BCUT2D eigenvalue weighted by molar-refractivity contribution is 0.612. The number of nitrogens with two attached hydrogens (primary N) is 1. The summed E-state index contributed by atoms with van der Waals surface area (Å²) in [6.07, 6.45) is 0. The number of hydrogen-bond donors (Lipinski definition) is 1. The van der Waals surface area contributed by atoms with Gasteiger partial charge in [-0.15, -0.1) is 11.3 Å². The lowest BCUT2D eigenvalue weighted by Gasteiger charge is -1.95. The molecule has 0 aliphatic carbocycles. The van der Waals surface area contributed by atoms with Crippen LogP contribution in [0.3, 0.4) is 0 Å². The summed E-state index contributed by atoms with van der Waals surface area (Å²) in [6, 6.07) is 2.31. The van der Waals surface area contributed by atoms with Gasteiger partial charge in [-0.2, -0.15) is 0 Å². The van der Waals surface area contributed by atoms with E-state index in [4.69, 9.17) is 21.8 Å². The summed E-state index contributed by atoms with van der Waals surface area (Å²) in [7, 11) is 0. The summed E-state index contributed by atoms with van der Waals surface area (Å²) in [6.45, 7) is 1.85. The Hall–Kier alpha value is -1.50. The number of thiazole rings is 1. The number of halogens is 2. The molecule has 19 heavy (non-hydrogen) atoms. The Labute approximate surface area is 117 Å². The third kappa shape index (κ3) is 2.22. The molecule has 1 atom stereocenters. The Bertz CT molecular complexity index is 753. The molecule has 0 amide bonds. The minimum absolute atomic E-state index is 0.149. The fraction of sp³-hybridized carbons (Fsp3) is 0.167. The van der Waals surface area contributed by atoms with Crippen LogP contribution in [0.2, 0.25) is 5.02 Å². The Kier molecular flexibility index (Phi) is 3.00. The van der Waals surface area contributed by atoms with Crippen molar-refractivity contribution in [1.82, 2.24) is 9.97 Å². The van der Waals surface area contributed by atoms with Gasteiger partial charge in [0.15, 0.2) is 5.58 Å². The van der Waals surface area contributed by atoms with E-state index in [0.717, 1.165) is 5.01 Å². The summed E-state index contributed by atoms with van der Waals surface area (Å²) >= 11 is 7.33. The van der Waals surface area contributed by atoms with E-state index >= 15 is 0 Å². The van der Waals surface area contributed by atoms with Crippen molar-refractivity contribution < 1.29 is 8.81 Å². The smallest absolute Gasteiger partial charge is 0.247 e. The minimum atomic E-state index is -0.452. The first-order valence-corrected chi connectivity index (χ1v) is 6.77. The van der Waals surface area contributed by atoms with Crippen molar-refractivity contribution in [2.45, 2.75) is 13.0 Å². The van der Waals surface area contributed by atoms with Gasteiger partial charge in [-0.1, -0.05) is 11.6 Å². The molecule has 1 aromatic carbocycles. The van der Waals surface area contributed by atoms with Crippen LogP contribution in [0.5, 0.6) is 0 Å². The second-order valence-corrected chi connectivity index (χ2v) is 5.41. The van der Waals surface area contributed by atoms with Gasteiger partial charge in [-0.25, -0.2) is 14.4 Å². The molecule has 0 fully saturated rings. The van der Waals surface area contributed by atoms with Crippen LogP contribution in [0.15, 0.2) is 21.9 Å². The second kappa shape index (κ2) is 4.56. The Morgan fingerprint density at radius 1 is 1.42 bits per heavy atom. The van der Waals surface area contributed by atoms with E-state index in [0.29, 0.717) is 22.7 Å². The molecule has 0 saturated carbocycles. The summed E-state index contributed by atoms with van der Waals surface area (Å²) in [5.74, 6) is -0.141. The summed E-state index contributed by atoms with van der Waals surface area (Å²) < 4.78 is 18.7. The van der Waals surface area contributed by atoms with Gasteiger partial charge in [0.25, 0.3) is 0 Å². The number of hydrogen-bond acceptors (Lipinski definition) is 5. The molecule has 2 N–H and O–H groups in total. The predicted molar refractivity (Wildman–Crippen MR) is 72.7 cm³/mol. The zero-order chi connectivity index (χ0) is 13.6. The largest absolute Gasteiger partial charge is 0.433 e. The summed E-state index contributed by atoms with van der Waals surface area (Å²) in [4.78, 5) is 8.52. The first kappa shape index (κ1) is 12.5. The van der Waals surface area contributed by atoms with Gasteiger partial charge in [0.05, 0.1) is 11.1 Å². The zero-order valence-corrected chi connectivity index (χ0v) is 11.4. The van der Waals surface area contributed by atoms with E-state index in [1.54, 1.807) is 5.38 Å². The van der Waals surface area contributed by atoms with Crippen LogP contribution >= 0.6 is 22.9 Å². The third-order valence-electron chi connectivity index (χ3n) is 2.54. The number of nitrogens with zero attached hydrogens (tertiary/aromatic N) is 2. The maximum absolute atomic E-state index is 13.2. The van der Waals surface area contributed by atoms with Gasteiger partial charge in [-0.3, -0.25) is 0 Å². The molecule has 0 bridgehead atoms. The molecule has 3 aromatic rings. The quantitative estimate of drug-likeness (QED) is 0.782. The highest BCUT2D eigenvalue weighted by molar-refractivity contribution is 7.10. The molecule has 0 saturated heterocycles. The van der Waals surface area contributed by atoms with Gasteiger partial charge in [-0.05, 0) is 13.0 Å². The zero-order valence-electron chi connectivity index (χ0n) is 9.85. The van der Waals surface area contributed by atoms with Crippen LogP contribution in [0.1, 0.15) is 18.0 Å². The van der Waals surface area contributed by atoms with Crippen LogP contribution in [0, 0.1) is 5.82 Å². The van der Waals surface area contributed by atoms with Crippen LogP contribution in [0.4, 0.5) is 4.39 Å². The Morgan fingerprint density at radius 2 is 2.21 bits per heavy atom. The van der Waals surface area contributed by atoms with Crippen LogP contribution in [-0.2, 0) is 0 Å². The average molecular weight is 298 g/mol. The van der Waals surface area contributed by atoms with Gasteiger partial charge in [0, 0.05) is 11.4 Å². The van der Waals surface area contributed by atoms with Crippen molar-refractivity contribution >= 4 is 34.0 Å². The van der Waals surface area contributed by atoms with Crippen molar-refractivity contribution in [3.8, 4) is 11.6 Å². The Morgan fingerprint density at radius 3 is 2.89 bits per heavy atom. The number of oxazole rings is 1. The molecule has 1 unspecified atom stereocenters. The second-order valence-electron chi connectivity index (χ2n) is 4.11. The topological polar surface area (TPSA) is 64.9 Å². The maximum Gasteiger partial charge on any atom is 0.247 e. The molecule has 2 heterocycles. The number of benzene rings is 1.